The van der Waals surface area contributed by atoms with Crippen molar-refractivity contribution < 1.29 is 4.74 Å². The lowest BCUT2D eigenvalue weighted by atomic mass is 10.2. The van der Waals surface area contributed by atoms with Gasteiger partial charge in [0.1, 0.15) is 0 Å². The minimum Gasteiger partial charge on any atom is -0.380 e. The fourth-order valence-electron chi connectivity index (χ4n) is 1.33. The van der Waals surface area contributed by atoms with Gasteiger partial charge < -0.3 is 15.4 Å². The number of ether oxygens (including phenoxy) is 1. The highest BCUT2D eigenvalue weighted by Crippen LogP contribution is 1.93. The van der Waals surface area contributed by atoms with Crippen molar-refractivity contribution in [1.82, 2.24) is 10.6 Å². The standard InChI is InChI=1S/C11H26N2O/c1-5-6-10(2)13-8-7-12-9-11(3)14-4/h10-13H,5-9H2,1-4H3. The SMILES string of the molecule is CCCC(C)NCCNCC(C)OC. The molecule has 86 valence electrons. The van der Waals surface area contributed by atoms with E-state index in [9.17, 15) is 0 Å². The van der Waals surface area contributed by atoms with Crippen LogP contribution in [-0.4, -0.2) is 38.9 Å². The summed E-state index contributed by atoms with van der Waals surface area (Å²) < 4.78 is 5.13. The molecule has 0 saturated heterocycles. The van der Waals surface area contributed by atoms with Crippen molar-refractivity contribution in [2.75, 3.05) is 26.7 Å². The third-order valence-corrected chi connectivity index (χ3v) is 2.35. The maximum Gasteiger partial charge on any atom is 0.0667 e. The molecule has 0 aliphatic heterocycles. The van der Waals surface area contributed by atoms with Crippen LogP contribution in [0.25, 0.3) is 0 Å². The highest BCUT2D eigenvalue weighted by atomic mass is 16.5. The molecule has 2 unspecified atom stereocenters. The van der Waals surface area contributed by atoms with E-state index in [0.29, 0.717) is 12.1 Å². The van der Waals surface area contributed by atoms with Crippen molar-refractivity contribution in [3.63, 3.8) is 0 Å². The fraction of sp³-hybridized carbons (Fsp3) is 1.00. The highest BCUT2D eigenvalue weighted by Gasteiger charge is 1.99. The second-order valence-electron chi connectivity index (χ2n) is 3.89. The Morgan fingerprint density at radius 3 is 2.50 bits per heavy atom. The van der Waals surface area contributed by atoms with E-state index in [4.69, 9.17) is 4.74 Å². The van der Waals surface area contributed by atoms with E-state index in [1.165, 1.54) is 12.8 Å². The Balaban J connectivity index is 3.13. The molecule has 14 heavy (non-hydrogen) atoms. The number of methoxy groups -OCH3 is 1. The van der Waals surface area contributed by atoms with Crippen LogP contribution in [0.4, 0.5) is 0 Å². The van der Waals surface area contributed by atoms with Gasteiger partial charge in [0.15, 0.2) is 0 Å². The Morgan fingerprint density at radius 2 is 1.93 bits per heavy atom. The first kappa shape index (κ1) is 13.9. The summed E-state index contributed by atoms with van der Waals surface area (Å²) in [4.78, 5) is 0. The molecule has 0 rings (SSSR count). The normalized spacial score (nSPS) is 15.4. The third-order valence-electron chi connectivity index (χ3n) is 2.35. The lowest BCUT2D eigenvalue weighted by molar-refractivity contribution is 0.117. The summed E-state index contributed by atoms with van der Waals surface area (Å²) in [5.74, 6) is 0. The third kappa shape index (κ3) is 8.48. The van der Waals surface area contributed by atoms with Crippen LogP contribution >= 0.6 is 0 Å². The van der Waals surface area contributed by atoms with Gasteiger partial charge in [-0.3, -0.25) is 0 Å². The van der Waals surface area contributed by atoms with E-state index in [2.05, 4.69) is 31.4 Å². The van der Waals surface area contributed by atoms with E-state index >= 15 is 0 Å². The molecule has 0 aliphatic rings. The lowest BCUT2D eigenvalue weighted by Crippen LogP contribution is -2.35. The molecular formula is C11H26N2O. The summed E-state index contributed by atoms with van der Waals surface area (Å²) in [7, 11) is 1.74. The molecule has 0 spiro atoms. The summed E-state index contributed by atoms with van der Waals surface area (Å²) in [6, 6.07) is 0.640. The van der Waals surface area contributed by atoms with Crippen LogP contribution in [0, 0.1) is 0 Å². The van der Waals surface area contributed by atoms with Crippen LogP contribution in [0.15, 0.2) is 0 Å². The van der Waals surface area contributed by atoms with Gasteiger partial charge in [0.05, 0.1) is 6.10 Å². The lowest BCUT2D eigenvalue weighted by Gasteiger charge is -2.14. The molecule has 0 saturated carbocycles. The van der Waals surface area contributed by atoms with Gasteiger partial charge in [-0.1, -0.05) is 13.3 Å². The molecular weight excluding hydrogens is 176 g/mol. The number of hydrogen-bond acceptors (Lipinski definition) is 3. The predicted molar refractivity (Wildman–Crippen MR) is 61.7 cm³/mol. The van der Waals surface area contributed by atoms with Crippen molar-refractivity contribution in [2.45, 2.75) is 45.8 Å². The van der Waals surface area contributed by atoms with Gasteiger partial charge in [-0.2, -0.15) is 0 Å². The van der Waals surface area contributed by atoms with Crippen molar-refractivity contribution in [2.24, 2.45) is 0 Å². The first-order chi connectivity index (χ1) is 6.70. The maximum atomic E-state index is 5.13. The Morgan fingerprint density at radius 1 is 1.21 bits per heavy atom. The second-order valence-corrected chi connectivity index (χ2v) is 3.89. The van der Waals surface area contributed by atoms with Crippen LogP contribution in [0.3, 0.4) is 0 Å². The van der Waals surface area contributed by atoms with Gasteiger partial charge in [-0.25, -0.2) is 0 Å². The van der Waals surface area contributed by atoms with Gasteiger partial charge in [0, 0.05) is 32.8 Å². The Kier molecular flexibility index (Phi) is 9.35. The van der Waals surface area contributed by atoms with Gasteiger partial charge in [-0.15, -0.1) is 0 Å². The topological polar surface area (TPSA) is 33.3 Å². The van der Waals surface area contributed by atoms with Crippen molar-refractivity contribution in [1.29, 1.82) is 0 Å². The summed E-state index contributed by atoms with van der Waals surface area (Å²) >= 11 is 0. The minimum atomic E-state index is 0.308. The van der Waals surface area contributed by atoms with Crippen molar-refractivity contribution >= 4 is 0 Å². The molecule has 2 N–H and O–H groups in total. The van der Waals surface area contributed by atoms with E-state index in [-0.39, 0.29) is 0 Å². The molecule has 0 bridgehead atoms. The predicted octanol–water partition coefficient (Wildman–Crippen LogP) is 1.39. The van der Waals surface area contributed by atoms with E-state index in [0.717, 1.165) is 19.6 Å². The zero-order valence-electron chi connectivity index (χ0n) is 10.1. The summed E-state index contributed by atoms with van der Waals surface area (Å²) in [6.07, 6.45) is 2.82. The molecule has 0 amide bonds. The average molecular weight is 202 g/mol. The summed E-state index contributed by atoms with van der Waals surface area (Å²) in [5.41, 5.74) is 0. The molecule has 0 aromatic carbocycles. The van der Waals surface area contributed by atoms with Gasteiger partial charge >= 0.3 is 0 Å². The van der Waals surface area contributed by atoms with E-state index in [1.807, 2.05) is 0 Å². The summed E-state index contributed by atoms with van der Waals surface area (Å²) in [6.45, 7) is 9.51. The van der Waals surface area contributed by atoms with Crippen molar-refractivity contribution in [3.8, 4) is 0 Å². The molecule has 0 aromatic heterocycles. The fourth-order valence-corrected chi connectivity index (χ4v) is 1.33. The Bertz CT molecular complexity index is 120. The number of nitrogens with one attached hydrogen (secondary N) is 2. The molecule has 2 atom stereocenters. The van der Waals surface area contributed by atoms with Crippen LogP contribution < -0.4 is 10.6 Å². The van der Waals surface area contributed by atoms with Crippen LogP contribution in [0.2, 0.25) is 0 Å². The first-order valence-electron chi connectivity index (χ1n) is 5.67. The van der Waals surface area contributed by atoms with E-state index in [1.54, 1.807) is 7.11 Å². The highest BCUT2D eigenvalue weighted by molar-refractivity contribution is 4.61. The first-order valence-corrected chi connectivity index (χ1v) is 5.67. The van der Waals surface area contributed by atoms with Crippen LogP contribution in [0.1, 0.15) is 33.6 Å². The van der Waals surface area contributed by atoms with Gasteiger partial charge in [0.2, 0.25) is 0 Å². The quantitative estimate of drug-likeness (QED) is 0.554. The average Bonchev–Trinajstić information content (AvgIpc) is 2.17. The van der Waals surface area contributed by atoms with Crippen molar-refractivity contribution in [3.05, 3.63) is 0 Å². The molecule has 3 nitrogen and oxygen atoms in total. The Hall–Kier alpha value is -0.120. The molecule has 0 fully saturated rings. The van der Waals surface area contributed by atoms with Crippen LogP contribution in [-0.2, 0) is 4.74 Å². The monoisotopic (exact) mass is 202 g/mol. The molecule has 0 heterocycles. The second kappa shape index (κ2) is 9.44. The number of rotatable bonds is 9. The number of hydrogen-bond donors (Lipinski definition) is 2. The smallest absolute Gasteiger partial charge is 0.0667 e. The van der Waals surface area contributed by atoms with E-state index < -0.39 is 0 Å². The summed E-state index contributed by atoms with van der Waals surface area (Å²) in [5, 5.41) is 6.82. The maximum absolute atomic E-state index is 5.13. The van der Waals surface area contributed by atoms with Crippen LogP contribution in [0.5, 0.6) is 0 Å². The molecule has 0 radical (unpaired) electrons. The van der Waals surface area contributed by atoms with Gasteiger partial charge in [-0.05, 0) is 20.3 Å². The zero-order chi connectivity index (χ0) is 10.8. The zero-order valence-corrected chi connectivity index (χ0v) is 10.1. The molecule has 3 heteroatoms. The van der Waals surface area contributed by atoms with Gasteiger partial charge in [0.25, 0.3) is 0 Å². The Labute approximate surface area is 88.6 Å². The minimum absolute atomic E-state index is 0.308. The molecule has 0 aromatic rings. The largest absolute Gasteiger partial charge is 0.380 e. The molecule has 0 aliphatic carbocycles.